The molecule has 2 unspecified atom stereocenters. The monoisotopic (exact) mass is 746 g/mol. The quantitative estimate of drug-likeness (QED) is 0.125. The van der Waals surface area contributed by atoms with Gasteiger partial charge in [-0.3, -0.25) is 9.59 Å². The summed E-state index contributed by atoms with van der Waals surface area (Å²) < 4.78 is 55.5. The molecule has 0 fully saturated rings. The molecule has 0 spiro atoms. The van der Waals surface area contributed by atoms with E-state index in [4.69, 9.17) is 19.9 Å². The molecule has 0 aliphatic heterocycles. The number of ether oxygens (including phenoxy) is 3. The van der Waals surface area contributed by atoms with Gasteiger partial charge in [0, 0.05) is 36.7 Å². The van der Waals surface area contributed by atoms with Gasteiger partial charge in [0.25, 0.3) is 5.95 Å². The topological polar surface area (TPSA) is 185 Å². The number of sulfone groups is 1. The first-order valence-corrected chi connectivity index (χ1v) is 18.2. The normalized spacial score (nSPS) is 12.8. The molecule has 2 aromatic heterocycles. The molecule has 16 heteroatoms. The van der Waals surface area contributed by atoms with Gasteiger partial charge in [-0.1, -0.05) is 45.0 Å². The smallest absolute Gasteiger partial charge is 0.424 e. The van der Waals surface area contributed by atoms with Crippen LogP contribution in [0.4, 0.5) is 26.5 Å². The number of anilines is 3. The minimum Gasteiger partial charge on any atom is -0.495 e. The fraction of sp³-hybridized carbons (Fsp3) is 0.270. The number of esters is 1. The summed E-state index contributed by atoms with van der Waals surface area (Å²) in [4.78, 5) is 44.4. The number of carbonyl (C=O) groups excluding carboxylic acids is 3. The number of hydrogen-bond acceptors (Lipinski definition) is 11. The van der Waals surface area contributed by atoms with Gasteiger partial charge in [0.15, 0.2) is 15.5 Å². The number of rotatable bonds is 11. The van der Waals surface area contributed by atoms with Crippen molar-refractivity contribution in [3.8, 4) is 16.9 Å². The number of fused-ring (bicyclic) bond motifs is 1. The number of nitrogens with two attached hydrogens (primary N) is 1. The highest BCUT2D eigenvalue weighted by atomic mass is 32.2. The molecule has 0 bridgehead atoms. The van der Waals surface area contributed by atoms with Crippen molar-refractivity contribution in [2.45, 2.75) is 51.3 Å². The van der Waals surface area contributed by atoms with Gasteiger partial charge >= 0.3 is 12.1 Å². The Morgan fingerprint density at radius 3 is 2.25 bits per heavy atom. The van der Waals surface area contributed by atoms with E-state index in [1.807, 2.05) is 0 Å². The fourth-order valence-corrected chi connectivity index (χ4v) is 5.68. The van der Waals surface area contributed by atoms with Crippen molar-refractivity contribution in [3.63, 3.8) is 0 Å². The molecule has 2 atom stereocenters. The minimum absolute atomic E-state index is 0.00586. The molecule has 0 saturated carbocycles. The van der Waals surface area contributed by atoms with Crippen molar-refractivity contribution in [1.82, 2.24) is 14.6 Å². The van der Waals surface area contributed by atoms with E-state index in [1.54, 1.807) is 75.5 Å². The highest BCUT2D eigenvalue weighted by molar-refractivity contribution is 7.90. The average Bonchev–Trinajstić information content (AvgIpc) is 3.51. The van der Waals surface area contributed by atoms with E-state index < -0.39 is 39.6 Å². The Morgan fingerprint density at radius 1 is 0.962 bits per heavy atom. The van der Waals surface area contributed by atoms with E-state index >= 15 is 0 Å². The largest absolute Gasteiger partial charge is 0.495 e. The van der Waals surface area contributed by atoms with Gasteiger partial charge in [0.1, 0.15) is 17.6 Å². The molecule has 5 rings (SSSR count). The molecule has 2 amide bonds. The molecule has 53 heavy (non-hydrogen) atoms. The maximum Gasteiger partial charge on any atom is 0.424 e. The van der Waals surface area contributed by atoms with Gasteiger partial charge in [-0.15, -0.1) is 5.10 Å². The molecule has 3 aromatic carbocycles. The zero-order valence-corrected chi connectivity index (χ0v) is 30.7. The number of methoxy groups -OCH3 is 1. The molecule has 3 N–H and O–H groups in total. The Balaban J connectivity index is 1.42. The summed E-state index contributed by atoms with van der Waals surface area (Å²) in [5.41, 5.74) is 8.52. The Hall–Kier alpha value is -5.87. The number of aromatic nitrogens is 3. The number of halogens is 1. The summed E-state index contributed by atoms with van der Waals surface area (Å²) >= 11 is 0. The molecule has 278 valence electrons. The van der Waals surface area contributed by atoms with Crippen molar-refractivity contribution in [2.24, 2.45) is 11.1 Å². The lowest BCUT2D eigenvalue weighted by atomic mass is 9.87. The Kier molecular flexibility index (Phi) is 11.1. The van der Waals surface area contributed by atoms with Crippen LogP contribution in [-0.4, -0.2) is 66.7 Å². The van der Waals surface area contributed by atoms with Crippen LogP contribution in [0, 0.1) is 11.2 Å². The zero-order chi connectivity index (χ0) is 38.7. The number of benzene rings is 3. The van der Waals surface area contributed by atoms with E-state index in [0.29, 0.717) is 16.9 Å². The van der Waals surface area contributed by atoms with Crippen LogP contribution in [0.1, 0.15) is 33.3 Å². The average molecular weight is 747 g/mol. The summed E-state index contributed by atoms with van der Waals surface area (Å²) in [5, 5.41) is 7.35. The van der Waals surface area contributed by atoms with Gasteiger partial charge in [0.05, 0.1) is 24.1 Å². The summed E-state index contributed by atoms with van der Waals surface area (Å²) in [6.45, 7) is 6.63. The van der Waals surface area contributed by atoms with Crippen LogP contribution in [-0.2, 0) is 35.3 Å². The summed E-state index contributed by atoms with van der Waals surface area (Å²) in [7, 11) is -2.34. The standard InChI is InChI=1S/C37H39FN6O8S/c1-22(51-34(46)33(39)37(2,3)4)52-36(47)44(29-17-16-28(53(6,48)49)20-30(29)50-5)35-41-31-18-11-25(21-43(31)42-35)24-9-14-27(15-10-24)40-32(45)19-23-7-12-26(38)13-8-23/h7-18,20-22,33H,19,39H2,1-6H3,(H,40,45). The third kappa shape index (κ3) is 9.33. The Bertz CT molecular complexity index is 2250. The lowest BCUT2D eigenvalue weighted by Gasteiger charge is -2.27. The number of pyridine rings is 1. The second kappa shape index (κ2) is 15.4. The fourth-order valence-electron chi connectivity index (χ4n) is 5.05. The second-order valence-electron chi connectivity index (χ2n) is 13.2. The van der Waals surface area contributed by atoms with Crippen LogP contribution in [0.5, 0.6) is 5.75 Å². The van der Waals surface area contributed by atoms with Gasteiger partial charge in [-0.2, -0.15) is 4.98 Å². The Morgan fingerprint density at radius 2 is 1.62 bits per heavy atom. The van der Waals surface area contributed by atoms with E-state index in [-0.39, 0.29) is 40.4 Å². The molecule has 0 aliphatic carbocycles. The summed E-state index contributed by atoms with van der Waals surface area (Å²) in [6.07, 6.45) is 0.354. The van der Waals surface area contributed by atoms with Crippen LogP contribution in [0.25, 0.3) is 16.8 Å². The van der Waals surface area contributed by atoms with Crippen molar-refractivity contribution < 1.29 is 41.4 Å². The number of hydrogen-bond donors (Lipinski definition) is 2. The Labute approximate surface area is 305 Å². The molecule has 0 saturated heterocycles. The van der Waals surface area contributed by atoms with E-state index in [2.05, 4.69) is 15.4 Å². The van der Waals surface area contributed by atoms with Crippen molar-refractivity contribution in [1.29, 1.82) is 0 Å². The first kappa shape index (κ1) is 38.4. The number of nitrogens with one attached hydrogen (secondary N) is 1. The predicted octanol–water partition coefficient (Wildman–Crippen LogP) is 5.67. The SMILES string of the molecule is COc1cc(S(C)(=O)=O)ccc1N(C(=O)OC(C)OC(=O)C(N)C(C)(C)C)c1nc2ccc(-c3ccc(NC(=O)Cc4ccc(F)cc4)cc3)cn2n1. The molecule has 5 aromatic rings. The lowest BCUT2D eigenvalue weighted by molar-refractivity contribution is -0.168. The summed E-state index contributed by atoms with van der Waals surface area (Å²) in [5.74, 6) is -1.58. The van der Waals surface area contributed by atoms with Gasteiger partial charge in [0.2, 0.25) is 12.2 Å². The second-order valence-corrected chi connectivity index (χ2v) is 15.3. The maximum absolute atomic E-state index is 13.8. The third-order valence-corrected chi connectivity index (χ3v) is 9.15. The van der Waals surface area contributed by atoms with E-state index in [1.165, 1.54) is 48.9 Å². The number of amides is 2. The van der Waals surface area contributed by atoms with E-state index in [0.717, 1.165) is 22.3 Å². The van der Waals surface area contributed by atoms with Crippen molar-refractivity contribution in [2.75, 3.05) is 23.6 Å². The number of carbonyl (C=O) groups is 3. The molecular formula is C37H39FN6O8S. The predicted molar refractivity (Wildman–Crippen MR) is 195 cm³/mol. The van der Waals surface area contributed by atoms with E-state index in [9.17, 15) is 27.2 Å². The van der Waals surface area contributed by atoms with Crippen LogP contribution in [0.3, 0.4) is 0 Å². The molecular weight excluding hydrogens is 708 g/mol. The molecule has 2 heterocycles. The lowest BCUT2D eigenvalue weighted by Crippen LogP contribution is -2.45. The minimum atomic E-state index is -3.64. The van der Waals surface area contributed by atoms with Crippen LogP contribution in [0.15, 0.2) is 90.0 Å². The van der Waals surface area contributed by atoms with Gasteiger partial charge in [-0.25, -0.2) is 27.0 Å². The van der Waals surface area contributed by atoms with Crippen LogP contribution in [0.2, 0.25) is 0 Å². The molecule has 0 aliphatic rings. The molecule has 14 nitrogen and oxygen atoms in total. The first-order chi connectivity index (χ1) is 24.9. The van der Waals surface area contributed by atoms with Crippen LogP contribution < -0.4 is 20.7 Å². The third-order valence-electron chi connectivity index (χ3n) is 8.04. The molecule has 0 radical (unpaired) electrons. The van der Waals surface area contributed by atoms with Gasteiger partial charge < -0.3 is 25.3 Å². The number of nitrogens with zero attached hydrogens (tertiary/aromatic N) is 4. The summed E-state index contributed by atoms with van der Waals surface area (Å²) in [6, 6.07) is 19.2. The van der Waals surface area contributed by atoms with Gasteiger partial charge in [-0.05, 0) is 65.1 Å². The first-order valence-electron chi connectivity index (χ1n) is 16.3. The maximum atomic E-state index is 13.8. The highest BCUT2D eigenvalue weighted by Gasteiger charge is 2.33. The highest BCUT2D eigenvalue weighted by Crippen LogP contribution is 2.36. The zero-order valence-electron chi connectivity index (χ0n) is 29.9. The van der Waals surface area contributed by atoms with Crippen LogP contribution >= 0.6 is 0 Å². The van der Waals surface area contributed by atoms with Crippen molar-refractivity contribution in [3.05, 3.63) is 96.4 Å². The van der Waals surface area contributed by atoms with Crippen molar-refractivity contribution >= 4 is 50.8 Å².